The lowest BCUT2D eigenvalue weighted by Gasteiger charge is -2.24. The topological polar surface area (TPSA) is 0 Å². The van der Waals surface area contributed by atoms with E-state index in [1.54, 1.807) is 0 Å². The fourth-order valence-electron chi connectivity index (χ4n) is 9.25. The second-order valence-corrected chi connectivity index (χ2v) is 14.3. The van der Waals surface area contributed by atoms with E-state index in [-0.39, 0.29) is 24.3 Å². The van der Waals surface area contributed by atoms with E-state index >= 15 is 79.0 Å². The van der Waals surface area contributed by atoms with Crippen LogP contribution >= 0.6 is 0 Å². The van der Waals surface area contributed by atoms with Crippen molar-refractivity contribution in [2.45, 2.75) is 53.3 Å². The Kier molecular flexibility index (Phi) is 6.08. The van der Waals surface area contributed by atoms with E-state index in [1.807, 2.05) is 0 Å². The highest BCUT2D eigenvalue weighted by Gasteiger charge is 2.82. The average molecular weight is 822 g/mol. The number of halogens is 18. The molecule has 0 saturated carbocycles. The number of alkyl halides is 18. The zero-order valence-electron chi connectivity index (χ0n) is 27.2. The summed E-state index contributed by atoms with van der Waals surface area (Å²) in [5.41, 5.74) is -12.3. The molecule has 0 radical (unpaired) electrons. The van der Waals surface area contributed by atoms with Crippen LogP contribution in [-0.2, 0) is 35.5 Å². The first-order valence-corrected chi connectivity index (χ1v) is 16.4. The van der Waals surface area contributed by atoms with Crippen LogP contribution < -0.4 is 0 Å². The molecule has 7 aromatic carbocycles. The number of fused-ring (bicyclic) bond motifs is 20. The smallest absolute Gasteiger partial charge is 0.194 e. The second kappa shape index (κ2) is 9.58. The fourth-order valence-corrected chi connectivity index (χ4v) is 9.25. The zero-order chi connectivity index (χ0) is 41.4. The van der Waals surface area contributed by atoms with Crippen molar-refractivity contribution in [1.82, 2.24) is 0 Å². The molecule has 0 N–H and O–H groups in total. The van der Waals surface area contributed by atoms with Crippen LogP contribution in [0.25, 0.3) is 64.6 Å². The summed E-state index contributed by atoms with van der Waals surface area (Å²) in [5.74, 6) is -53.2. The van der Waals surface area contributed by atoms with Crippen LogP contribution in [-0.4, -0.2) is 17.8 Å². The molecule has 0 nitrogen and oxygen atoms in total. The van der Waals surface area contributed by atoms with Crippen molar-refractivity contribution < 1.29 is 79.0 Å². The molecular formula is C39H12F18. The Morgan fingerprint density at radius 1 is 0.211 bits per heavy atom. The van der Waals surface area contributed by atoms with Crippen molar-refractivity contribution >= 4 is 64.6 Å². The Bertz CT molecular complexity index is 2860. The molecular weight excluding hydrogens is 810 g/mol. The van der Waals surface area contributed by atoms with Gasteiger partial charge in [-0.25, -0.2) is 0 Å². The number of hydrogen-bond acceptors (Lipinski definition) is 0. The maximum Gasteiger partial charge on any atom is 0.380 e. The molecule has 10 rings (SSSR count). The third-order valence-electron chi connectivity index (χ3n) is 11.7. The van der Waals surface area contributed by atoms with Crippen molar-refractivity contribution in [3.8, 4) is 0 Å². The minimum absolute atomic E-state index is 0.229. The molecule has 0 bridgehead atoms. The van der Waals surface area contributed by atoms with Crippen molar-refractivity contribution in [2.24, 2.45) is 0 Å². The van der Waals surface area contributed by atoms with Crippen LogP contribution in [0.3, 0.4) is 0 Å². The van der Waals surface area contributed by atoms with Gasteiger partial charge in [0.2, 0.25) is 0 Å². The summed E-state index contributed by atoms with van der Waals surface area (Å²) in [6.07, 6.45) is 0. The van der Waals surface area contributed by atoms with E-state index in [4.69, 9.17) is 0 Å². The molecule has 18 heteroatoms. The largest absolute Gasteiger partial charge is 0.380 e. The maximum absolute atomic E-state index is 15.9. The van der Waals surface area contributed by atoms with Gasteiger partial charge in [-0.3, -0.25) is 0 Å². The van der Waals surface area contributed by atoms with Gasteiger partial charge in [-0.05, 0) is 64.6 Å². The SMILES string of the molecule is FC1(F)c2c(c3ccc4c5c(c6ccc7c8c(c9ccccc9c7c6c4c3c3ccccc23)C(F)(F)C(F)(F)C8(F)F)C(F)(F)C(F)(F)C5(F)F)C(F)(F)C1(F)F. The third kappa shape index (κ3) is 3.40. The van der Waals surface area contributed by atoms with Gasteiger partial charge in [-0.1, -0.05) is 72.8 Å². The van der Waals surface area contributed by atoms with Gasteiger partial charge in [0.25, 0.3) is 0 Å². The van der Waals surface area contributed by atoms with Gasteiger partial charge in [0.05, 0.1) is 0 Å². The van der Waals surface area contributed by atoms with Crippen LogP contribution in [0.1, 0.15) is 33.4 Å². The van der Waals surface area contributed by atoms with E-state index in [0.29, 0.717) is 12.1 Å². The average Bonchev–Trinajstić information content (AvgIpc) is 3.39. The van der Waals surface area contributed by atoms with Gasteiger partial charge in [0, 0.05) is 33.4 Å². The highest BCUT2D eigenvalue weighted by Crippen LogP contribution is 2.71. The molecule has 0 saturated heterocycles. The Morgan fingerprint density at radius 3 is 0.649 bits per heavy atom. The molecule has 0 atom stereocenters. The van der Waals surface area contributed by atoms with Gasteiger partial charge in [-0.15, -0.1) is 0 Å². The van der Waals surface area contributed by atoms with Gasteiger partial charge >= 0.3 is 53.3 Å². The first-order valence-electron chi connectivity index (χ1n) is 16.4. The van der Waals surface area contributed by atoms with Crippen LogP contribution in [0, 0.1) is 0 Å². The number of benzene rings is 7. The van der Waals surface area contributed by atoms with Gasteiger partial charge in [0.1, 0.15) is 0 Å². The van der Waals surface area contributed by atoms with E-state index in [1.165, 1.54) is 0 Å². The van der Waals surface area contributed by atoms with Crippen molar-refractivity contribution in [3.05, 3.63) is 106 Å². The highest BCUT2D eigenvalue weighted by molar-refractivity contribution is 6.37. The molecule has 7 aromatic rings. The predicted molar refractivity (Wildman–Crippen MR) is 170 cm³/mol. The lowest BCUT2D eigenvalue weighted by molar-refractivity contribution is -0.302. The normalized spacial score (nSPS) is 23.5. The maximum atomic E-state index is 15.9. The quantitative estimate of drug-likeness (QED) is 0.106. The van der Waals surface area contributed by atoms with E-state index < -0.39 is 151 Å². The summed E-state index contributed by atoms with van der Waals surface area (Å²) in [7, 11) is 0. The zero-order valence-corrected chi connectivity index (χ0v) is 27.2. The van der Waals surface area contributed by atoms with Gasteiger partial charge in [-0.2, -0.15) is 79.0 Å². The summed E-state index contributed by atoms with van der Waals surface area (Å²) < 4.78 is 280. The van der Waals surface area contributed by atoms with Crippen molar-refractivity contribution in [2.75, 3.05) is 0 Å². The van der Waals surface area contributed by atoms with Crippen LogP contribution in [0.4, 0.5) is 79.0 Å². The highest BCUT2D eigenvalue weighted by atomic mass is 19.4. The molecule has 0 amide bonds. The molecule has 3 aliphatic rings. The molecule has 3 aliphatic carbocycles. The van der Waals surface area contributed by atoms with Crippen molar-refractivity contribution in [3.63, 3.8) is 0 Å². The summed E-state index contributed by atoms with van der Waals surface area (Å²) in [4.78, 5) is 0. The van der Waals surface area contributed by atoms with Gasteiger partial charge < -0.3 is 0 Å². The standard InChI is InChI=1S/C39H12F18/c40-31(41)25-15-7-3-1-5-13(15)21-17(27(25)33(44,45)37(31,52)53)9-11-19-23(21)24-20(30-29(19)35(48,49)39(56,57)36(30,50)51)12-10-18-22(24)14-6-2-4-8-16(14)26-28(18)34(46,47)38(54,55)32(26,42)43/h1-12H. The summed E-state index contributed by atoms with van der Waals surface area (Å²) in [6.45, 7) is 0. The first-order chi connectivity index (χ1) is 26.2. The van der Waals surface area contributed by atoms with Crippen LogP contribution in [0.5, 0.6) is 0 Å². The predicted octanol–water partition coefficient (Wildman–Crippen LogP) is 14.1. The third-order valence-corrected chi connectivity index (χ3v) is 11.7. The summed E-state index contributed by atoms with van der Waals surface area (Å²) in [6, 6.07) is 7.86. The van der Waals surface area contributed by atoms with Crippen LogP contribution in [0.2, 0.25) is 0 Å². The molecule has 0 aromatic heterocycles. The summed E-state index contributed by atoms with van der Waals surface area (Å²) >= 11 is 0. The minimum atomic E-state index is -6.29. The molecule has 0 spiro atoms. The lowest BCUT2D eigenvalue weighted by Crippen LogP contribution is -2.43. The molecule has 0 aliphatic heterocycles. The Morgan fingerprint density at radius 2 is 0.404 bits per heavy atom. The summed E-state index contributed by atoms with van der Waals surface area (Å²) in [5, 5.41) is -13.2. The first kappa shape index (κ1) is 36.2. The molecule has 0 heterocycles. The number of hydrogen-bond donors (Lipinski definition) is 0. The van der Waals surface area contributed by atoms with Crippen molar-refractivity contribution in [1.29, 1.82) is 0 Å². The Balaban J connectivity index is 1.61. The molecule has 0 unspecified atom stereocenters. The molecule has 0 fully saturated rings. The second-order valence-electron chi connectivity index (χ2n) is 14.3. The molecule has 57 heavy (non-hydrogen) atoms. The monoisotopic (exact) mass is 822 g/mol. The fraction of sp³-hybridized carbons (Fsp3) is 0.231. The minimum Gasteiger partial charge on any atom is -0.194 e. The van der Waals surface area contributed by atoms with E-state index in [9.17, 15) is 0 Å². The lowest BCUT2D eigenvalue weighted by atomic mass is 9.81. The molecule has 294 valence electrons. The van der Waals surface area contributed by atoms with E-state index in [2.05, 4.69) is 0 Å². The van der Waals surface area contributed by atoms with Gasteiger partial charge in [0.15, 0.2) is 0 Å². The van der Waals surface area contributed by atoms with Crippen LogP contribution in [0.15, 0.2) is 72.8 Å². The Labute approximate surface area is 303 Å². The number of rotatable bonds is 0. The van der Waals surface area contributed by atoms with E-state index in [0.717, 1.165) is 36.4 Å². The Hall–Kier alpha value is -5.16.